The third-order valence-electron chi connectivity index (χ3n) is 4.13. The second-order valence-corrected chi connectivity index (χ2v) is 6.54. The van der Waals surface area contributed by atoms with Crippen LogP contribution in [0.5, 0.6) is 0 Å². The van der Waals surface area contributed by atoms with Crippen molar-refractivity contribution in [3.63, 3.8) is 0 Å². The first-order valence-electron chi connectivity index (χ1n) is 10.0. The number of aliphatic carboxylic acids is 1. The van der Waals surface area contributed by atoms with Crippen molar-refractivity contribution in [1.82, 2.24) is 0 Å². The van der Waals surface area contributed by atoms with E-state index in [0.717, 1.165) is 6.42 Å². The SMILES string of the molecule is CCCCCCCCCCCCC/C=C\CC=C=CCCC(=O)O. The monoisotopic (exact) mass is 334 g/mol. The van der Waals surface area contributed by atoms with Gasteiger partial charge in [-0.1, -0.05) is 83.3 Å². The maximum Gasteiger partial charge on any atom is 0.303 e. The van der Waals surface area contributed by atoms with Crippen molar-refractivity contribution in [1.29, 1.82) is 0 Å². The molecular weight excluding hydrogens is 296 g/mol. The fourth-order valence-electron chi connectivity index (χ4n) is 2.64. The van der Waals surface area contributed by atoms with Gasteiger partial charge in [0, 0.05) is 6.42 Å². The Morgan fingerprint density at radius 2 is 1.38 bits per heavy atom. The molecule has 0 bridgehead atoms. The van der Waals surface area contributed by atoms with E-state index in [1.807, 2.05) is 6.08 Å². The summed E-state index contributed by atoms with van der Waals surface area (Å²) in [4.78, 5) is 10.3. The van der Waals surface area contributed by atoms with E-state index in [1.54, 1.807) is 6.08 Å². The molecule has 2 heteroatoms. The lowest BCUT2D eigenvalue weighted by Gasteiger charge is -2.01. The van der Waals surface area contributed by atoms with Gasteiger partial charge in [-0.15, -0.1) is 5.73 Å². The Labute approximate surface area is 149 Å². The number of rotatable bonds is 17. The molecular formula is C22H38O2. The molecule has 0 aromatic heterocycles. The Kier molecular flexibility index (Phi) is 18.7. The highest BCUT2D eigenvalue weighted by Gasteiger charge is 1.92. The van der Waals surface area contributed by atoms with Crippen LogP contribution in [0.4, 0.5) is 0 Å². The van der Waals surface area contributed by atoms with Gasteiger partial charge in [-0.2, -0.15) is 0 Å². The van der Waals surface area contributed by atoms with Crippen LogP contribution in [0, 0.1) is 0 Å². The van der Waals surface area contributed by atoms with E-state index in [-0.39, 0.29) is 6.42 Å². The topological polar surface area (TPSA) is 37.3 Å². The number of unbranched alkanes of at least 4 members (excludes halogenated alkanes) is 11. The second-order valence-electron chi connectivity index (χ2n) is 6.54. The van der Waals surface area contributed by atoms with Crippen molar-refractivity contribution in [2.45, 2.75) is 103 Å². The second kappa shape index (κ2) is 19.8. The van der Waals surface area contributed by atoms with E-state index in [1.165, 1.54) is 77.0 Å². The molecule has 0 aromatic rings. The van der Waals surface area contributed by atoms with Gasteiger partial charge in [0.25, 0.3) is 0 Å². The molecule has 0 rings (SSSR count). The number of carbonyl (C=O) groups is 1. The van der Waals surface area contributed by atoms with Crippen LogP contribution in [0.3, 0.4) is 0 Å². The van der Waals surface area contributed by atoms with Gasteiger partial charge in [0.15, 0.2) is 0 Å². The number of hydrogen-bond acceptors (Lipinski definition) is 1. The van der Waals surface area contributed by atoms with Gasteiger partial charge in [-0.3, -0.25) is 4.79 Å². The minimum absolute atomic E-state index is 0.190. The van der Waals surface area contributed by atoms with Gasteiger partial charge >= 0.3 is 5.97 Å². The molecule has 24 heavy (non-hydrogen) atoms. The molecule has 0 saturated carbocycles. The molecule has 0 fully saturated rings. The Bertz CT molecular complexity index is 362. The van der Waals surface area contributed by atoms with Crippen LogP contribution in [0.25, 0.3) is 0 Å². The number of allylic oxidation sites excluding steroid dienone is 3. The normalized spacial score (nSPS) is 10.7. The average molecular weight is 335 g/mol. The molecule has 1 N–H and O–H groups in total. The van der Waals surface area contributed by atoms with E-state index >= 15 is 0 Å². The van der Waals surface area contributed by atoms with E-state index in [2.05, 4.69) is 24.8 Å². The summed E-state index contributed by atoms with van der Waals surface area (Å²) >= 11 is 0. The zero-order valence-corrected chi connectivity index (χ0v) is 15.8. The van der Waals surface area contributed by atoms with Crippen LogP contribution < -0.4 is 0 Å². The summed E-state index contributed by atoms with van der Waals surface area (Å²) in [6.07, 6.45) is 26.3. The van der Waals surface area contributed by atoms with Crippen LogP contribution in [0.2, 0.25) is 0 Å². The lowest BCUT2D eigenvalue weighted by atomic mass is 10.1. The van der Waals surface area contributed by atoms with Gasteiger partial charge < -0.3 is 5.11 Å². The smallest absolute Gasteiger partial charge is 0.303 e. The Morgan fingerprint density at radius 1 is 0.792 bits per heavy atom. The molecule has 0 spiro atoms. The highest BCUT2D eigenvalue weighted by Crippen LogP contribution is 2.12. The minimum atomic E-state index is -0.750. The van der Waals surface area contributed by atoms with Crippen molar-refractivity contribution in [2.75, 3.05) is 0 Å². The van der Waals surface area contributed by atoms with Gasteiger partial charge in [0.1, 0.15) is 0 Å². The number of carboxylic acid groups (broad SMARTS) is 1. The largest absolute Gasteiger partial charge is 0.481 e. The molecule has 0 atom stereocenters. The maximum atomic E-state index is 10.3. The fourth-order valence-corrected chi connectivity index (χ4v) is 2.64. The molecule has 138 valence electrons. The first-order chi connectivity index (χ1) is 11.8. The third-order valence-corrected chi connectivity index (χ3v) is 4.13. The molecule has 0 heterocycles. The summed E-state index contributed by atoms with van der Waals surface area (Å²) in [5.74, 6) is -0.750. The van der Waals surface area contributed by atoms with Crippen LogP contribution in [0.15, 0.2) is 30.0 Å². The first-order valence-corrected chi connectivity index (χ1v) is 10.0. The number of carboxylic acids is 1. The molecule has 0 aliphatic heterocycles. The van der Waals surface area contributed by atoms with Crippen molar-refractivity contribution >= 4 is 5.97 Å². The minimum Gasteiger partial charge on any atom is -0.481 e. The van der Waals surface area contributed by atoms with Crippen LogP contribution in [0.1, 0.15) is 103 Å². The molecule has 0 saturated heterocycles. The molecule has 0 amide bonds. The Balaban J connectivity index is 3.23. The molecule has 0 radical (unpaired) electrons. The summed E-state index contributed by atoms with van der Waals surface area (Å²) in [5, 5.41) is 8.49. The fraction of sp³-hybridized carbons (Fsp3) is 0.727. The Morgan fingerprint density at radius 3 is 1.96 bits per heavy atom. The quantitative estimate of drug-likeness (QED) is 0.173. The zero-order chi connectivity index (χ0) is 17.7. The summed E-state index contributed by atoms with van der Waals surface area (Å²) in [6.45, 7) is 2.27. The van der Waals surface area contributed by atoms with Gasteiger partial charge in [-0.05, 0) is 37.8 Å². The van der Waals surface area contributed by atoms with Crippen molar-refractivity contribution in [3.05, 3.63) is 30.0 Å². The number of hydrogen-bond donors (Lipinski definition) is 1. The van der Waals surface area contributed by atoms with Gasteiger partial charge in [-0.25, -0.2) is 0 Å². The van der Waals surface area contributed by atoms with E-state index in [9.17, 15) is 4.79 Å². The molecule has 0 aliphatic rings. The van der Waals surface area contributed by atoms with E-state index < -0.39 is 5.97 Å². The van der Waals surface area contributed by atoms with Crippen molar-refractivity contribution in [2.24, 2.45) is 0 Å². The van der Waals surface area contributed by atoms with E-state index in [0.29, 0.717) is 6.42 Å². The predicted molar refractivity (Wildman–Crippen MR) is 104 cm³/mol. The summed E-state index contributed by atoms with van der Waals surface area (Å²) in [7, 11) is 0. The summed E-state index contributed by atoms with van der Waals surface area (Å²) < 4.78 is 0. The highest BCUT2D eigenvalue weighted by molar-refractivity contribution is 5.66. The first kappa shape index (κ1) is 22.7. The van der Waals surface area contributed by atoms with Crippen molar-refractivity contribution < 1.29 is 9.90 Å². The molecule has 0 unspecified atom stereocenters. The predicted octanol–water partition coefficient (Wildman–Crippen LogP) is 7.21. The standard InChI is InChI=1S/C22H38O2/c1-2-3-4-5-6-7-8-9-10-11-12-13-14-15-16-17-18-19-20-21-22(23)24/h14-15,17,19H,2-13,16,20-21H2,1H3,(H,23,24)/b15-14-. The lowest BCUT2D eigenvalue weighted by molar-refractivity contribution is -0.136. The lowest BCUT2D eigenvalue weighted by Crippen LogP contribution is -1.91. The zero-order valence-electron chi connectivity index (χ0n) is 15.8. The van der Waals surface area contributed by atoms with Crippen molar-refractivity contribution in [3.8, 4) is 0 Å². The summed E-state index contributed by atoms with van der Waals surface area (Å²) in [5.41, 5.74) is 3.02. The maximum absolute atomic E-state index is 10.3. The van der Waals surface area contributed by atoms with Crippen LogP contribution >= 0.6 is 0 Å². The molecule has 2 nitrogen and oxygen atoms in total. The average Bonchev–Trinajstić information content (AvgIpc) is 2.56. The van der Waals surface area contributed by atoms with Crippen LogP contribution in [-0.4, -0.2) is 11.1 Å². The van der Waals surface area contributed by atoms with Gasteiger partial charge in [0.05, 0.1) is 0 Å². The highest BCUT2D eigenvalue weighted by atomic mass is 16.4. The third kappa shape index (κ3) is 20.7. The molecule has 0 aromatic carbocycles. The summed E-state index contributed by atoms with van der Waals surface area (Å²) in [6, 6.07) is 0. The van der Waals surface area contributed by atoms with E-state index in [4.69, 9.17) is 5.11 Å². The molecule has 0 aliphatic carbocycles. The Hall–Kier alpha value is -1.27. The van der Waals surface area contributed by atoms with Crippen LogP contribution in [-0.2, 0) is 4.79 Å². The van der Waals surface area contributed by atoms with Gasteiger partial charge in [0.2, 0.25) is 0 Å².